The third-order valence-electron chi connectivity index (χ3n) is 7.73. The molecule has 2 atom stereocenters. The van der Waals surface area contributed by atoms with Crippen LogP contribution in [0.25, 0.3) is 0 Å². The van der Waals surface area contributed by atoms with Gasteiger partial charge in [-0.15, -0.1) is 0 Å². The van der Waals surface area contributed by atoms with Crippen molar-refractivity contribution in [2.45, 2.75) is 70.9 Å². The van der Waals surface area contributed by atoms with Gasteiger partial charge in [0.2, 0.25) is 11.8 Å². The van der Waals surface area contributed by atoms with Crippen LogP contribution in [0, 0.1) is 11.3 Å². The van der Waals surface area contributed by atoms with Crippen LogP contribution >= 0.6 is 11.6 Å². The van der Waals surface area contributed by atoms with Gasteiger partial charge in [-0.3, -0.25) is 9.59 Å². The number of likely N-dealkylation sites (tertiary alicyclic amines) is 2. The topological polar surface area (TPSA) is 70.2 Å². The molecule has 0 N–H and O–H groups in total. The Hall–Kier alpha value is -2.28. The van der Waals surface area contributed by atoms with Crippen LogP contribution in [0.4, 0.5) is 4.79 Å². The lowest BCUT2D eigenvalue weighted by molar-refractivity contribution is -0.142. The number of piperidine rings is 1. The number of carbonyl (C=O) groups excluding carboxylic acids is 3. The molecule has 7 nitrogen and oxygen atoms in total. The van der Waals surface area contributed by atoms with E-state index < -0.39 is 11.7 Å². The highest BCUT2D eigenvalue weighted by molar-refractivity contribution is 6.30. The fourth-order valence-electron chi connectivity index (χ4n) is 5.24. The molecule has 1 aliphatic carbocycles. The summed E-state index contributed by atoms with van der Waals surface area (Å²) >= 11 is 6.11. The number of hydrogen-bond acceptors (Lipinski definition) is 4. The van der Waals surface area contributed by atoms with Gasteiger partial charge in [-0.25, -0.2) is 4.79 Å². The molecule has 4 rings (SSSR count). The molecular weight excluding hydrogens is 466 g/mol. The quantitative estimate of drug-likeness (QED) is 0.604. The van der Waals surface area contributed by atoms with E-state index in [1.54, 1.807) is 11.9 Å². The van der Waals surface area contributed by atoms with Gasteiger partial charge >= 0.3 is 6.09 Å². The first-order chi connectivity index (χ1) is 16.4. The number of amides is 3. The summed E-state index contributed by atoms with van der Waals surface area (Å²) in [5, 5.41) is 0.651. The van der Waals surface area contributed by atoms with Crippen LogP contribution < -0.4 is 0 Å². The van der Waals surface area contributed by atoms with Gasteiger partial charge in [0.15, 0.2) is 0 Å². The Morgan fingerprint density at radius 3 is 2.17 bits per heavy atom. The van der Waals surface area contributed by atoms with Crippen LogP contribution in [0.2, 0.25) is 5.02 Å². The number of ether oxygens (including phenoxy) is 1. The molecule has 1 saturated carbocycles. The highest BCUT2D eigenvalue weighted by Gasteiger charge is 2.48. The Labute approximate surface area is 213 Å². The summed E-state index contributed by atoms with van der Waals surface area (Å²) in [5.41, 5.74) is 0.276. The number of nitrogens with zero attached hydrogens (tertiary/aromatic N) is 3. The molecule has 0 aromatic heterocycles. The second kappa shape index (κ2) is 9.64. The molecule has 2 aliphatic heterocycles. The lowest BCUT2D eigenvalue weighted by atomic mass is 9.93. The molecule has 1 aromatic rings. The molecule has 0 bridgehead atoms. The van der Waals surface area contributed by atoms with Crippen molar-refractivity contribution in [2.24, 2.45) is 11.3 Å². The van der Waals surface area contributed by atoms with Gasteiger partial charge in [-0.1, -0.05) is 30.7 Å². The number of halogens is 1. The van der Waals surface area contributed by atoms with Gasteiger partial charge in [0, 0.05) is 55.5 Å². The minimum Gasteiger partial charge on any atom is -0.444 e. The Balaban J connectivity index is 1.45. The summed E-state index contributed by atoms with van der Waals surface area (Å²) in [5.74, 6) is 0.230. The van der Waals surface area contributed by atoms with Crippen LogP contribution in [-0.4, -0.2) is 77.5 Å². The van der Waals surface area contributed by atoms with Crippen molar-refractivity contribution in [3.05, 3.63) is 34.9 Å². The van der Waals surface area contributed by atoms with Crippen molar-refractivity contribution >= 4 is 29.5 Å². The van der Waals surface area contributed by atoms with Crippen LogP contribution in [0.3, 0.4) is 0 Å². The smallest absolute Gasteiger partial charge is 0.410 e. The average Bonchev–Trinajstić information content (AvgIpc) is 3.41. The van der Waals surface area contributed by atoms with E-state index in [1.807, 2.05) is 61.8 Å². The van der Waals surface area contributed by atoms with E-state index in [2.05, 4.69) is 0 Å². The molecular formula is C27H38ClN3O4. The maximum Gasteiger partial charge on any atom is 0.410 e. The first-order valence-corrected chi connectivity index (χ1v) is 13.1. The van der Waals surface area contributed by atoms with E-state index in [0.717, 1.165) is 18.4 Å². The number of carbonyl (C=O) groups is 3. The number of benzene rings is 1. The number of rotatable bonds is 4. The van der Waals surface area contributed by atoms with Crippen molar-refractivity contribution in [2.75, 3.05) is 33.2 Å². The van der Waals surface area contributed by atoms with E-state index in [1.165, 1.54) is 0 Å². The van der Waals surface area contributed by atoms with Crippen molar-refractivity contribution in [3.8, 4) is 0 Å². The van der Waals surface area contributed by atoms with Gasteiger partial charge in [-0.2, -0.15) is 0 Å². The first-order valence-electron chi connectivity index (χ1n) is 12.7. The van der Waals surface area contributed by atoms with Gasteiger partial charge in [0.05, 0.1) is 6.04 Å². The minimum absolute atomic E-state index is 0.0368. The summed E-state index contributed by atoms with van der Waals surface area (Å²) in [4.78, 5) is 44.6. The normalized spacial score (nSPS) is 24.3. The Kier molecular flexibility index (Phi) is 7.11. The molecule has 8 heteroatoms. The summed E-state index contributed by atoms with van der Waals surface area (Å²) < 4.78 is 5.62. The van der Waals surface area contributed by atoms with Crippen molar-refractivity contribution in [3.63, 3.8) is 0 Å². The van der Waals surface area contributed by atoms with Gasteiger partial charge < -0.3 is 19.4 Å². The lowest BCUT2D eigenvalue weighted by Crippen LogP contribution is -2.47. The molecule has 192 valence electrons. The van der Waals surface area contributed by atoms with Gasteiger partial charge in [0.25, 0.3) is 0 Å². The standard InChI is InChI=1S/C27H38ClN3O4/c1-26(2,3)35-25(34)29(5)22-17-31(16-21(22)18-6-8-20(28)9-7-18)23(32)19-10-14-30(15-11-19)24(33)27(4)12-13-27/h6-9,19,21-22H,10-17H2,1-5H3/t21-,22+/m1/s1. The summed E-state index contributed by atoms with van der Waals surface area (Å²) in [7, 11) is 1.75. The second-order valence-electron chi connectivity index (χ2n) is 11.7. The highest BCUT2D eigenvalue weighted by Crippen LogP contribution is 2.47. The third kappa shape index (κ3) is 5.76. The maximum absolute atomic E-state index is 13.6. The first kappa shape index (κ1) is 25.8. The molecule has 0 spiro atoms. The van der Waals surface area contributed by atoms with Gasteiger partial charge in [-0.05, 0) is 64.2 Å². The van der Waals surface area contributed by atoms with E-state index in [4.69, 9.17) is 16.3 Å². The molecule has 2 heterocycles. The monoisotopic (exact) mass is 503 g/mol. The average molecular weight is 504 g/mol. The lowest BCUT2D eigenvalue weighted by Gasteiger charge is -2.34. The van der Waals surface area contributed by atoms with E-state index in [-0.39, 0.29) is 35.1 Å². The summed E-state index contributed by atoms with van der Waals surface area (Å²) in [6.07, 6.45) is 2.93. The Morgan fingerprint density at radius 2 is 1.63 bits per heavy atom. The summed E-state index contributed by atoms with van der Waals surface area (Å²) in [6.45, 7) is 9.85. The minimum atomic E-state index is -0.599. The Morgan fingerprint density at radius 1 is 1.03 bits per heavy atom. The second-order valence-corrected chi connectivity index (χ2v) is 12.1. The maximum atomic E-state index is 13.6. The van der Waals surface area contributed by atoms with Crippen LogP contribution in [0.1, 0.15) is 64.9 Å². The van der Waals surface area contributed by atoms with E-state index in [9.17, 15) is 14.4 Å². The molecule has 2 saturated heterocycles. The van der Waals surface area contributed by atoms with Crippen LogP contribution in [0.15, 0.2) is 24.3 Å². The van der Waals surface area contributed by atoms with Gasteiger partial charge in [0.1, 0.15) is 5.60 Å². The van der Waals surface area contributed by atoms with Crippen molar-refractivity contribution in [1.29, 1.82) is 0 Å². The molecule has 35 heavy (non-hydrogen) atoms. The molecule has 3 fully saturated rings. The SMILES string of the molecule is CN(C(=O)OC(C)(C)C)[C@H]1CN(C(=O)C2CCN(C(=O)C3(C)CC3)CC2)C[C@@H]1c1ccc(Cl)cc1. The molecule has 3 amide bonds. The predicted octanol–water partition coefficient (Wildman–Crippen LogP) is 4.54. The zero-order chi connectivity index (χ0) is 25.5. The third-order valence-corrected chi connectivity index (χ3v) is 7.98. The molecule has 0 radical (unpaired) electrons. The summed E-state index contributed by atoms with van der Waals surface area (Å²) in [6, 6.07) is 7.43. The largest absolute Gasteiger partial charge is 0.444 e. The zero-order valence-corrected chi connectivity index (χ0v) is 22.3. The number of hydrogen-bond donors (Lipinski definition) is 0. The van der Waals surface area contributed by atoms with Crippen LogP contribution in [-0.2, 0) is 14.3 Å². The van der Waals surface area contributed by atoms with Crippen molar-refractivity contribution < 1.29 is 19.1 Å². The van der Waals surface area contributed by atoms with E-state index in [0.29, 0.717) is 44.0 Å². The Bertz CT molecular complexity index is 962. The molecule has 3 aliphatic rings. The molecule has 1 aromatic carbocycles. The molecule has 0 unspecified atom stereocenters. The van der Waals surface area contributed by atoms with Crippen LogP contribution in [0.5, 0.6) is 0 Å². The zero-order valence-electron chi connectivity index (χ0n) is 21.6. The fourth-order valence-corrected chi connectivity index (χ4v) is 5.36. The van der Waals surface area contributed by atoms with E-state index >= 15 is 0 Å². The highest BCUT2D eigenvalue weighted by atomic mass is 35.5. The van der Waals surface area contributed by atoms with Crippen molar-refractivity contribution in [1.82, 2.24) is 14.7 Å². The fraction of sp³-hybridized carbons (Fsp3) is 0.667. The predicted molar refractivity (Wildman–Crippen MR) is 135 cm³/mol. The number of likely N-dealkylation sites (N-methyl/N-ethyl adjacent to an activating group) is 1.